The SMILES string of the molecule is CCOP(=O)(CC(=O)O)CC(Cc1ccccc1)NC(=O)OCc1ccccc1. The van der Waals surface area contributed by atoms with Crippen LogP contribution in [0, 0.1) is 0 Å². The summed E-state index contributed by atoms with van der Waals surface area (Å²) in [6, 6.07) is 18.0. The Balaban J connectivity index is 2.07. The maximum atomic E-state index is 13.0. The summed E-state index contributed by atoms with van der Waals surface area (Å²) in [7, 11) is -3.47. The lowest BCUT2D eigenvalue weighted by molar-refractivity contribution is -0.134. The number of hydrogen-bond acceptors (Lipinski definition) is 5. The number of nitrogens with one attached hydrogen (secondary N) is 1. The summed E-state index contributed by atoms with van der Waals surface area (Å²) in [5.41, 5.74) is 1.76. The Hall–Kier alpha value is -2.63. The van der Waals surface area contributed by atoms with Crippen LogP contribution in [0.3, 0.4) is 0 Å². The Morgan fingerprint density at radius 1 is 1.03 bits per heavy atom. The zero-order chi connectivity index (χ0) is 21.1. The van der Waals surface area contributed by atoms with Crippen LogP contribution in [0.25, 0.3) is 0 Å². The molecule has 8 heteroatoms. The molecule has 7 nitrogen and oxygen atoms in total. The van der Waals surface area contributed by atoms with Gasteiger partial charge in [-0.3, -0.25) is 9.36 Å². The van der Waals surface area contributed by atoms with Crippen LogP contribution in [0.4, 0.5) is 4.79 Å². The van der Waals surface area contributed by atoms with E-state index in [9.17, 15) is 14.2 Å². The van der Waals surface area contributed by atoms with E-state index in [0.717, 1.165) is 11.1 Å². The van der Waals surface area contributed by atoms with Crippen molar-refractivity contribution >= 4 is 19.4 Å². The second kappa shape index (κ2) is 11.4. The molecule has 2 rings (SSSR count). The standard InChI is InChI=1S/C21H26NO6P/c1-2-28-29(26,16-20(23)24)15-19(13-17-9-5-3-6-10-17)22-21(25)27-14-18-11-7-4-8-12-18/h3-12,19H,2,13-16H2,1H3,(H,22,25)(H,23,24). The van der Waals surface area contributed by atoms with Gasteiger partial charge in [0, 0.05) is 12.2 Å². The fourth-order valence-corrected chi connectivity index (χ4v) is 5.03. The molecule has 2 aromatic carbocycles. The highest BCUT2D eigenvalue weighted by Gasteiger charge is 2.31. The number of carbonyl (C=O) groups is 2. The third-order valence-electron chi connectivity index (χ3n) is 4.10. The van der Waals surface area contributed by atoms with E-state index < -0.39 is 31.6 Å². The smallest absolute Gasteiger partial charge is 0.407 e. The molecule has 2 atom stereocenters. The summed E-state index contributed by atoms with van der Waals surface area (Å²) < 4.78 is 23.5. The minimum atomic E-state index is -3.47. The first-order chi connectivity index (χ1) is 13.9. The quantitative estimate of drug-likeness (QED) is 0.535. The summed E-state index contributed by atoms with van der Waals surface area (Å²) in [6.07, 6.45) is -0.971. The largest absolute Gasteiger partial charge is 0.481 e. The van der Waals surface area contributed by atoms with Crippen molar-refractivity contribution in [2.75, 3.05) is 18.9 Å². The van der Waals surface area contributed by atoms with Crippen molar-refractivity contribution < 1.29 is 28.5 Å². The summed E-state index contributed by atoms with van der Waals surface area (Å²) in [5, 5.41) is 11.8. The maximum absolute atomic E-state index is 13.0. The van der Waals surface area contributed by atoms with Crippen molar-refractivity contribution in [3.05, 3.63) is 71.8 Å². The predicted octanol–water partition coefficient (Wildman–Crippen LogP) is 3.92. The first kappa shape index (κ1) is 22.7. The molecule has 0 fully saturated rings. The van der Waals surface area contributed by atoms with E-state index in [4.69, 9.17) is 14.4 Å². The van der Waals surface area contributed by atoms with Gasteiger partial charge in [-0.2, -0.15) is 0 Å². The van der Waals surface area contributed by atoms with Gasteiger partial charge in [-0.15, -0.1) is 0 Å². The van der Waals surface area contributed by atoms with Crippen LogP contribution in [0.2, 0.25) is 0 Å². The summed E-state index contributed by atoms with van der Waals surface area (Å²) >= 11 is 0. The van der Waals surface area contributed by atoms with Gasteiger partial charge >= 0.3 is 12.1 Å². The van der Waals surface area contributed by atoms with Crippen LogP contribution < -0.4 is 5.32 Å². The molecule has 29 heavy (non-hydrogen) atoms. The third kappa shape index (κ3) is 8.50. The average Bonchev–Trinajstić information content (AvgIpc) is 2.67. The summed E-state index contributed by atoms with van der Waals surface area (Å²) in [5.74, 6) is -1.20. The van der Waals surface area contributed by atoms with Crippen LogP contribution in [0.1, 0.15) is 18.1 Å². The van der Waals surface area contributed by atoms with Crippen molar-refractivity contribution in [2.45, 2.75) is 26.0 Å². The van der Waals surface area contributed by atoms with Gasteiger partial charge < -0.3 is 19.7 Å². The van der Waals surface area contributed by atoms with Gasteiger partial charge in [0.25, 0.3) is 0 Å². The number of rotatable bonds is 11. The zero-order valence-electron chi connectivity index (χ0n) is 16.3. The van der Waals surface area contributed by atoms with Gasteiger partial charge in [-0.05, 0) is 24.5 Å². The Bertz CT molecular complexity index is 828. The molecule has 0 saturated heterocycles. The second-order valence-corrected chi connectivity index (χ2v) is 9.13. The molecule has 0 saturated carbocycles. The molecule has 2 N–H and O–H groups in total. The number of ether oxygens (including phenoxy) is 1. The highest BCUT2D eigenvalue weighted by molar-refractivity contribution is 7.60. The first-order valence-corrected chi connectivity index (χ1v) is 11.4. The minimum absolute atomic E-state index is 0.0948. The van der Waals surface area contributed by atoms with Gasteiger partial charge in [0.1, 0.15) is 12.8 Å². The lowest BCUT2D eigenvalue weighted by Crippen LogP contribution is -2.40. The van der Waals surface area contributed by atoms with Gasteiger partial charge in [-0.1, -0.05) is 60.7 Å². The molecule has 1 amide bonds. The van der Waals surface area contributed by atoms with Gasteiger partial charge in [0.15, 0.2) is 0 Å². The normalized spacial score (nSPS) is 13.8. The van der Waals surface area contributed by atoms with Crippen molar-refractivity contribution in [3.63, 3.8) is 0 Å². The van der Waals surface area contributed by atoms with Gasteiger partial charge in [0.2, 0.25) is 7.37 Å². The minimum Gasteiger partial charge on any atom is -0.481 e. The molecule has 2 unspecified atom stereocenters. The molecule has 0 bridgehead atoms. The molecule has 0 aliphatic rings. The molecule has 0 heterocycles. The fourth-order valence-electron chi connectivity index (χ4n) is 2.93. The Kier molecular flexibility index (Phi) is 8.90. The number of carboxylic acid groups (broad SMARTS) is 1. The van der Waals surface area contributed by atoms with Crippen molar-refractivity contribution in [3.8, 4) is 0 Å². The Labute approximate surface area is 170 Å². The molecule has 0 radical (unpaired) electrons. The molecular weight excluding hydrogens is 393 g/mol. The number of amides is 1. The van der Waals surface area contributed by atoms with Crippen molar-refractivity contribution in [1.82, 2.24) is 5.32 Å². The Morgan fingerprint density at radius 2 is 1.62 bits per heavy atom. The lowest BCUT2D eigenvalue weighted by atomic mass is 10.1. The second-order valence-electron chi connectivity index (χ2n) is 6.56. The molecule has 156 valence electrons. The number of aliphatic carboxylic acids is 1. The van der Waals surface area contributed by atoms with Crippen LogP contribution in [-0.2, 0) is 31.6 Å². The Morgan fingerprint density at radius 3 is 2.17 bits per heavy atom. The summed E-state index contributed by atoms with van der Waals surface area (Å²) in [6.45, 7) is 1.88. The fraction of sp³-hybridized carbons (Fsp3) is 0.333. The number of carboxylic acids is 1. The maximum Gasteiger partial charge on any atom is 0.407 e. The molecule has 0 aliphatic carbocycles. The predicted molar refractivity (Wildman–Crippen MR) is 110 cm³/mol. The third-order valence-corrected chi connectivity index (χ3v) is 6.58. The molecule has 0 aromatic heterocycles. The monoisotopic (exact) mass is 419 g/mol. The van der Waals surface area contributed by atoms with Crippen LogP contribution in [0.15, 0.2) is 60.7 Å². The lowest BCUT2D eigenvalue weighted by Gasteiger charge is -2.24. The van der Waals surface area contributed by atoms with Gasteiger partial charge in [-0.25, -0.2) is 4.79 Å². The number of hydrogen-bond donors (Lipinski definition) is 2. The van der Waals surface area contributed by atoms with E-state index >= 15 is 0 Å². The summed E-state index contributed by atoms with van der Waals surface area (Å²) in [4.78, 5) is 23.4. The van der Waals surface area contributed by atoms with Crippen molar-refractivity contribution in [1.29, 1.82) is 0 Å². The molecule has 2 aromatic rings. The number of benzene rings is 2. The van der Waals surface area contributed by atoms with Crippen LogP contribution >= 0.6 is 7.37 Å². The average molecular weight is 419 g/mol. The van der Waals surface area contributed by atoms with Crippen molar-refractivity contribution in [2.24, 2.45) is 0 Å². The van der Waals surface area contributed by atoms with Crippen LogP contribution in [-0.4, -0.2) is 42.1 Å². The number of carbonyl (C=O) groups excluding carboxylic acids is 1. The molecule has 0 aliphatic heterocycles. The van der Waals surface area contributed by atoms with E-state index in [1.54, 1.807) is 6.92 Å². The highest BCUT2D eigenvalue weighted by Crippen LogP contribution is 2.47. The highest BCUT2D eigenvalue weighted by atomic mass is 31.2. The van der Waals surface area contributed by atoms with E-state index in [0.29, 0.717) is 6.42 Å². The van der Waals surface area contributed by atoms with E-state index in [1.807, 2.05) is 60.7 Å². The topological polar surface area (TPSA) is 102 Å². The van der Waals surface area contributed by atoms with Crippen LogP contribution in [0.5, 0.6) is 0 Å². The van der Waals surface area contributed by atoms with E-state index in [-0.39, 0.29) is 19.4 Å². The number of alkyl carbamates (subject to hydrolysis) is 1. The molecular formula is C21H26NO6P. The van der Waals surface area contributed by atoms with E-state index in [1.165, 1.54) is 0 Å². The molecule has 0 spiro atoms. The van der Waals surface area contributed by atoms with Gasteiger partial charge in [0.05, 0.1) is 6.61 Å². The first-order valence-electron chi connectivity index (χ1n) is 9.36. The zero-order valence-corrected chi connectivity index (χ0v) is 17.2. The van der Waals surface area contributed by atoms with E-state index in [2.05, 4.69) is 5.32 Å².